The van der Waals surface area contributed by atoms with Gasteiger partial charge < -0.3 is 0 Å². The SMILES string of the molecule is CCCCc1cc2c(cc1C)C13CC(C)CC1(CC(C)C3)c1cc(C)c(CCCC)cc1-2. The van der Waals surface area contributed by atoms with Gasteiger partial charge in [-0.25, -0.2) is 0 Å². The van der Waals surface area contributed by atoms with Gasteiger partial charge in [0, 0.05) is 10.8 Å². The van der Waals surface area contributed by atoms with Gasteiger partial charge >= 0.3 is 0 Å². The third-order valence-electron chi connectivity index (χ3n) is 9.58. The fraction of sp³-hybridized carbons (Fsp3) is 0.625. The van der Waals surface area contributed by atoms with Crippen LogP contribution in [0.25, 0.3) is 11.1 Å². The summed E-state index contributed by atoms with van der Waals surface area (Å²) in [7, 11) is 0. The summed E-state index contributed by atoms with van der Waals surface area (Å²) >= 11 is 0. The predicted octanol–water partition coefficient (Wildman–Crippen LogP) is 9.00. The first kappa shape index (κ1) is 22.2. The minimum Gasteiger partial charge on any atom is -0.0654 e. The molecule has 172 valence electrons. The first-order chi connectivity index (χ1) is 15.3. The normalized spacial score (nSPS) is 30.1. The summed E-state index contributed by atoms with van der Waals surface area (Å²) in [5.74, 6) is 1.64. The van der Waals surface area contributed by atoms with Crippen LogP contribution in [0.2, 0.25) is 0 Å². The van der Waals surface area contributed by atoms with E-state index in [-0.39, 0.29) is 0 Å². The van der Waals surface area contributed by atoms with Crippen molar-refractivity contribution in [1.82, 2.24) is 0 Å². The number of hydrogen-bond acceptors (Lipinski definition) is 0. The zero-order valence-corrected chi connectivity index (χ0v) is 21.5. The Morgan fingerprint density at radius 3 is 1.38 bits per heavy atom. The molecule has 2 saturated carbocycles. The van der Waals surface area contributed by atoms with Crippen LogP contribution in [0, 0.1) is 25.7 Å². The minimum atomic E-state index is 0.361. The molecule has 0 unspecified atom stereocenters. The van der Waals surface area contributed by atoms with E-state index in [1.807, 2.05) is 0 Å². The van der Waals surface area contributed by atoms with E-state index in [1.54, 1.807) is 44.5 Å². The molecule has 0 radical (unpaired) electrons. The standard InChI is InChI=1S/C32H44/c1-7-9-11-25-15-27-28-16-26(12-10-8-2)24(6)14-30(28)32-19-21(3)17-31(32,18-22(4)20-32)29(27)13-23(25)5/h13-16,21-22H,7-12,17-20H2,1-6H3. The Balaban J connectivity index is 1.79. The van der Waals surface area contributed by atoms with Crippen LogP contribution in [0.5, 0.6) is 0 Å². The molecule has 0 aromatic heterocycles. The van der Waals surface area contributed by atoms with Crippen molar-refractivity contribution in [3.63, 3.8) is 0 Å². The van der Waals surface area contributed by atoms with E-state index in [0.29, 0.717) is 10.8 Å². The molecule has 2 fully saturated rings. The van der Waals surface area contributed by atoms with Crippen LogP contribution in [0.3, 0.4) is 0 Å². The zero-order chi connectivity index (χ0) is 22.7. The lowest BCUT2D eigenvalue weighted by atomic mass is 9.55. The monoisotopic (exact) mass is 428 g/mol. The molecule has 0 saturated heterocycles. The van der Waals surface area contributed by atoms with Crippen molar-refractivity contribution in [2.45, 2.75) is 117 Å². The Morgan fingerprint density at radius 2 is 1.03 bits per heavy atom. The van der Waals surface area contributed by atoms with E-state index in [9.17, 15) is 0 Å². The topological polar surface area (TPSA) is 0 Å². The van der Waals surface area contributed by atoms with Gasteiger partial charge in [-0.3, -0.25) is 0 Å². The average molecular weight is 429 g/mol. The summed E-state index contributed by atoms with van der Waals surface area (Å²) in [6, 6.07) is 10.6. The van der Waals surface area contributed by atoms with Crippen molar-refractivity contribution in [1.29, 1.82) is 0 Å². The summed E-state index contributed by atoms with van der Waals surface area (Å²) in [4.78, 5) is 0. The molecule has 0 heteroatoms. The molecule has 2 aromatic carbocycles. The van der Waals surface area contributed by atoms with E-state index in [0.717, 1.165) is 11.8 Å². The molecule has 0 spiro atoms. The average Bonchev–Trinajstić information content (AvgIpc) is 3.19. The first-order valence-electron chi connectivity index (χ1n) is 13.6. The Kier molecular flexibility index (Phi) is 5.58. The molecular formula is C32H44. The van der Waals surface area contributed by atoms with Gasteiger partial charge in [-0.2, -0.15) is 0 Å². The third kappa shape index (κ3) is 3.08. The molecule has 0 atom stereocenters. The van der Waals surface area contributed by atoms with Crippen molar-refractivity contribution in [2.24, 2.45) is 11.8 Å². The lowest BCUT2D eigenvalue weighted by molar-refractivity contribution is 0.298. The molecule has 2 aromatic rings. The van der Waals surface area contributed by atoms with E-state index in [2.05, 4.69) is 65.8 Å². The van der Waals surface area contributed by atoms with Crippen LogP contribution in [0.4, 0.5) is 0 Å². The number of hydrogen-bond donors (Lipinski definition) is 0. The fourth-order valence-corrected chi connectivity index (χ4v) is 8.44. The maximum atomic E-state index is 2.67. The van der Waals surface area contributed by atoms with Gasteiger partial charge in [-0.15, -0.1) is 0 Å². The Morgan fingerprint density at radius 1 is 0.656 bits per heavy atom. The van der Waals surface area contributed by atoms with Gasteiger partial charge in [0.05, 0.1) is 0 Å². The molecule has 0 amide bonds. The second-order valence-corrected chi connectivity index (χ2v) is 12.0. The Bertz CT molecular complexity index is 927. The van der Waals surface area contributed by atoms with E-state index in [1.165, 1.54) is 64.2 Å². The summed E-state index contributed by atoms with van der Waals surface area (Å²) in [5.41, 5.74) is 13.6. The quantitative estimate of drug-likeness (QED) is 0.430. The van der Waals surface area contributed by atoms with Crippen molar-refractivity contribution < 1.29 is 0 Å². The van der Waals surface area contributed by atoms with Gasteiger partial charge in [0.2, 0.25) is 0 Å². The van der Waals surface area contributed by atoms with E-state index >= 15 is 0 Å². The molecule has 0 heterocycles. The Hall–Kier alpha value is -1.56. The highest BCUT2D eigenvalue weighted by atomic mass is 14.7. The summed E-state index contributed by atoms with van der Waals surface area (Å²) in [6.45, 7) is 14.5. The van der Waals surface area contributed by atoms with Crippen LogP contribution < -0.4 is 0 Å². The number of fused-ring (bicyclic) bond motifs is 3. The number of rotatable bonds is 6. The molecule has 0 aliphatic heterocycles. The van der Waals surface area contributed by atoms with Gasteiger partial charge in [-0.1, -0.05) is 64.8 Å². The van der Waals surface area contributed by atoms with Gasteiger partial charge in [0.1, 0.15) is 0 Å². The molecule has 0 N–H and O–H groups in total. The maximum Gasteiger partial charge on any atom is 0.00615 e. The zero-order valence-electron chi connectivity index (χ0n) is 21.5. The molecule has 5 rings (SSSR count). The second-order valence-electron chi connectivity index (χ2n) is 12.0. The summed E-state index contributed by atoms with van der Waals surface area (Å²) < 4.78 is 0. The molecule has 32 heavy (non-hydrogen) atoms. The van der Waals surface area contributed by atoms with Crippen LogP contribution in [-0.4, -0.2) is 0 Å². The van der Waals surface area contributed by atoms with E-state index in [4.69, 9.17) is 0 Å². The highest BCUT2D eigenvalue weighted by molar-refractivity contribution is 5.81. The van der Waals surface area contributed by atoms with Crippen molar-refractivity contribution >= 4 is 0 Å². The minimum absolute atomic E-state index is 0.361. The van der Waals surface area contributed by atoms with Gasteiger partial charge in [-0.05, 0) is 122 Å². The smallest absolute Gasteiger partial charge is 0.00615 e. The van der Waals surface area contributed by atoms with Crippen LogP contribution >= 0.6 is 0 Å². The highest BCUT2D eigenvalue weighted by Crippen LogP contribution is 2.71. The van der Waals surface area contributed by atoms with E-state index < -0.39 is 0 Å². The lowest BCUT2D eigenvalue weighted by Crippen LogP contribution is -2.43. The largest absolute Gasteiger partial charge is 0.0654 e. The molecule has 0 bridgehead atoms. The number of aryl methyl sites for hydroxylation is 4. The third-order valence-corrected chi connectivity index (χ3v) is 9.58. The summed E-state index contributed by atoms with van der Waals surface area (Å²) in [5, 5.41) is 0. The van der Waals surface area contributed by atoms with Crippen LogP contribution in [-0.2, 0) is 23.7 Å². The van der Waals surface area contributed by atoms with Crippen LogP contribution in [0.1, 0.15) is 112 Å². The van der Waals surface area contributed by atoms with Crippen molar-refractivity contribution in [2.75, 3.05) is 0 Å². The Labute approximate surface area is 197 Å². The van der Waals surface area contributed by atoms with Gasteiger partial charge in [0.15, 0.2) is 0 Å². The van der Waals surface area contributed by atoms with Gasteiger partial charge in [0.25, 0.3) is 0 Å². The fourth-order valence-electron chi connectivity index (χ4n) is 8.44. The first-order valence-corrected chi connectivity index (χ1v) is 13.6. The molecule has 3 aliphatic carbocycles. The second kappa shape index (κ2) is 8.03. The molecule has 0 nitrogen and oxygen atoms in total. The van der Waals surface area contributed by atoms with Crippen molar-refractivity contribution in [3.8, 4) is 11.1 Å². The predicted molar refractivity (Wildman–Crippen MR) is 139 cm³/mol. The lowest BCUT2D eigenvalue weighted by Gasteiger charge is -2.48. The van der Waals surface area contributed by atoms with Crippen LogP contribution in [0.15, 0.2) is 24.3 Å². The maximum absolute atomic E-state index is 2.67. The molecular weight excluding hydrogens is 384 g/mol. The number of unbranched alkanes of at least 4 members (excludes halogenated alkanes) is 2. The molecule has 3 aliphatic rings. The highest BCUT2D eigenvalue weighted by Gasteiger charge is 2.65. The summed E-state index contributed by atoms with van der Waals surface area (Å²) in [6.07, 6.45) is 13.1. The van der Waals surface area contributed by atoms with Crippen molar-refractivity contribution in [3.05, 3.63) is 57.6 Å². The number of benzene rings is 2.